The number of aliphatic hydroxyl groups excluding tert-OH is 1. The largest absolute Gasteiger partial charge is 0.392 e. The van der Waals surface area contributed by atoms with Crippen molar-refractivity contribution in [2.75, 3.05) is 0 Å². The molecule has 2 rings (SSSR count). The van der Waals surface area contributed by atoms with E-state index in [1.807, 2.05) is 19.1 Å². The highest BCUT2D eigenvalue weighted by molar-refractivity contribution is 6.31. The van der Waals surface area contributed by atoms with Gasteiger partial charge in [0, 0.05) is 10.9 Å². The van der Waals surface area contributed by atoms with Crippen LogP contribution in [0.5, 0.6) is 0 Å². The summed E-state index contributed by atoms with van der Waals surface area (Å²) in [5.41, 5.74) is 2.29. The highest BCUT2D eigenvalue weighted by Gasteiger charge is 2.26. The summed E-state index contributed by atoms with van der Waals surface area (Å²) in [7, 11) is 0. The van der Waals surface area contributed by atoms with Crippen molar-refractivity contribution in [1.82, 2.24) is 0 Å². The van der Waals surface area contributed by atoms with E-state index in [1.165, 1.54) is 5.56 Å². The molecule has 0 aliphatic heterocycles. The second kappa shape index (κ2) is 3.92. The molecule has 14 heavy (non-hydrogen) atoms. The van der Waals surface area contributed by atoms with Crippen LogP contribution in [0.1, 0.15) is 36.3 Å². The molecule has 2 heteroatoms. The van der Waals surface area contributed by atoms with Crippen LogP contribution in [-0.2, 0) is 0 Å². The SMILES string of the molecule is Cc1ccc(C2CCCC2O)cc1Cl. The van der Waals surface area contributed by atoms with Gasteiger partial charge in [-0.05, 0) is 37.0 Å². The first-order chi connectivity index (χ1) is 6.68. The number of hydrogen-bond donors (Lipinski definition) is 1. The minimum Gasteiger partial charge on any atom is -0.392 e. The Morgan fingerprint density at radius 3 is 2.71 bits per heavy atom. The lowest BCUT2D eigenvalue weighted by molar-refractivity contribution is 0.164. The molecule has 1 nitrogen and oxygen atoms in total. The van der Waals surface area contributed by atoms with E-state index in [9.17, 15) is 5.11 Å². The van der Waals surface area contributed by atoms with Crippen LogP contribution in [0.15, 0.2) is 18.2 Å². The van der Waals surface area contributed by atoms with Gasteiger partial charge in [-0.25, -0.2) is 0 Å². The molecule has 0 spiro atoms. The second-order valence-electron chi connectivity index (χ2n) is 4.11. The van der Waals surface area contributed by atoms with Crippen LogP contribution in [0.25, 0.3) is 0 Å². The first-order valence-electron chi connectivity index (χ1n) is 5.12. The van der Waals surface area contributed by atoms with Gasteiger partial charge >= 0.3 is 0 Å². The van der Waals surface area contributed by atoms with E-state index in [2.05, 4.69) is 6.07 Å². The predicted molar refractivity (Wildman–Crippen MR) is 58.8 cm³/mol. The number of hydrogen-bond acceptors (Lipinski definition) is 1. The lowest BCUT2D eigenvalue weighted by Crippen LogP contribution is -2.10. The Balaban J connectivity index is 2.28. The fourth-order valence-corrected chi connectivity index (χ4v) is 2.36. The van der Waals surface area contributed by atoms with Gasteiger partial charge in [0.25, 0.3) is 0 Å². The maximum atomic E-state index is 9.76. The molecule has 1 saturated carbocycles. The number of aryl methyl sites for hydroxylation is 1. The minimum absolute atomic E-state index is 0.172. The molecule has 76 valence electrons. The molecule has 2 atom stereocenters. The van der Waals surface area contributed by atoms with Crippen LogP contribution < -0.4 is 0 Å². The summed E-state index contributed by atoms with van der Waals surface area (Å²) in [6.45, 7) is 2.00. The molecule has 0 radical (unpaired) electrons. The van der Waals surface area contributed by atoms with Crippen molar-refractivity contribution in [2.24, 2.45) is 0 Å². The Kier molecular flexibility index (Phi) is 2.80. The summed E-state index contributed by atoms with van der Waals surface area (Å²) in [4.78, 5) is 0. The predicted octanol–water partition coefficient (Wildman–Crippen LogP) is 3.28. The van der Waals surface area contributed by atoms with Crippen LogP contribution in [0, 0.1) is 6.92 Å². The molecule has 1 fully saturated rings. The van der Waals surface area contributed by atoms with E-state index in [1.54, 1.807) is 0 Å². The maximum Gasteiger partial charge on any atom is 0.0608 e. The summed E-state index contributed by atoms with van der Waals surface area (Å²) < 4.78 is 0. The molecule has 1 aromatic carbocycles. The number of halogens is 1. The van der Waals surface area contributed by atoms with Crippen LogP contribution >= 0.6 is 11.6 Å². The molecule has 1 aromatic rings. The van der Waals surface area contributed by atoms with Crippen molar-refractivity contribution in [3.05, 3.63) is 34.3 Å². The zero-order valence-electron chi connectivity index (χ0n) is 8.33. The minimum atomic E-state index is -0.172. The second-order valence-corrected chi connectivity index (χ2v) is 4.52. The summed E-state index contributed by atoms with van der Waals surface area (Å²) in [6.07, 6.45) is 2.96. The highest BCUT2D eigenvalue weighted by atomic mass is 35.5. The maximum absolute atomic E-state index is 9.76. The number of benzene rings is 1. The standard InChI is InChI=1S/C12H15ClO/c1-8-5-6-9(7-11(8)13)10-3-2-4-12(10)14/h5-7,10,12,14H,2-4H2,1H3. The van der Waals surface area contributed by atoms with Crippen LogP contribution in [0.4, 0.5) is 0 Å². The fraction of sp³-hybridized carbons (Fsp3) is 0.500. The van der Waals surface area contributed by atoms with Gasteiger partial charge < -0.3 is 5.11 Å². The molecule has 0 aromatic heterocycles. The Morgan fingerprint density at radius 2 is 2.14 bits per heavy atom. The molecule has 1 aliphatic carbocycles. The molecule has 1 aliphatic rings. The smallest absolute Gasteiger partial charge is 0.0608 e. The van der Waals surface area contributed by atoms with Crippen molar-refractivity contribution in [1.29, 1.82) is 0 Å². The molecule has 0 bridgehead atoms. The average molecular weight is 211 g/mol. The monoisotopic (exact) mass is 210 g/mol. The zero-order valence-corrected chi connectivity index (χ0v) is 9.09. The third-order valence-corrected chi connectivity index (χ3v) is 3.51. The summed E-state index contributed by atoms with van der Waals surface area (Å²) >= 11 is 6.06. The van der Waals surface area contributed by atoms with E-state index in [0.717, 1.165) is 29.8 Å². The van der Waals surface area contributed by atoms with Crippen LogP contribution in [-0.4, -0.2) is 11.2 Å². The van der Waals surface area contributed by atoms with E-state index in [0.29, 0.717) is 5.92 Å². The first-order valence-corrected chi connectivity index (χ1v) is 5.50. The summed E-state index contributed by atoms with van der Waals surface area (Å²) in [6, 6.07) is 6.11. The normalized spacial score (nSPS) is 26.8. The molecule has 0 amide bonds. The van der Waals surface area contributed by atoms with Crippen molar-refractivity contribution in [3.8, 4) is 0 Å². The van der Waals surface area contributed by atoms with Gasteiger partial charge in [-0.2, -0.15) is 0 Å². The lowest BCUT2D eigenvalue weighted by atomic mass is 9.95. The van der Waals surface area contributed by atoms with Crippen molar-refractivity contribution in [2.45, 2.75) is 38.2 Å². The molecule has 0 saturated heterocycles. The lowest BCUT2D eigenvalue weighted by Gasteiger charge is -2.15. The molecule has 0 heterocycles. The molecule has 2 unspecified atom stereocenters. The Bertz CT molecular complexity index is 335. The van der Waals surface area contributed by atoms with Gasteiger partial charge in [-0.15, -0.1) is 0 Å². The van der Waals surface area contributed by atoms with Gasteiger partial charge in [0.1, 0.15) is 0 Å². The fourth-order valence-electron chi connectivity index (χ4n) is 2.17. The van der Waals surface area contributed by atoms with Crippen molar-refractivity contribution in [3.63, 3.8) is 0 Å². The highest BCUT2D eigenvalue weighted by Crippen LogP contribution is 2.35. The average Bonchev–Trinajstić information content (AvgIpc) is 2.57. The van der Waals surface area contributed by atoms with E-state index >= 15 is 0 Å². The number of rotatable bonds is 1. The molecule has 1 N–H and O–H groups in total. The van der Waals surface area contributed by atoms with Gasteiger partial charge in [-0.3, -0.25) is 0 Å². The number of aliphatic hydroxyl groups is 1. The Hall–Kier alpha value is -0.530. The van der Waals surface area contributed by atoms with E-state index < -0.39 is 0 Å². The van der Waals surface area contributed by atoms with Gasteiger partial charge in [0.05, 0.1) is 6.10 Å². The Morgan fingerprint density at radius 1 is 1.36 bits per heavy atom. The van der Waals surface area contributed by atoms with Crippen LogP contribution in [0.3, 0.4) is 0 Å². The van der Waals surface area contributed by atoms with Crippen molar-refractivity contribution >= 4 is 11.6 Å². The van der Waals surface area contributed by atoms with Crippen molar-refractivity contribution < 1.29 is 5.11 Å². The topological polar surface area (TPSA) is 20.2 Å². The Labute approximate surface area is 89.7 Å². The van der Waals surface area contributed by atoms with E-state index in [-0.39, 0.29) is 6.10 Å². The zero-order chi connectivity index (χ0) is 10.1. The van der Waals surface area contributed by atoms with E-state index in [4.69, 9.17) is 11.6 Å². The molecular weight excluding hydrogens is 196 g/mol. The van der Waals surface area contributed by atoms with Gasteiger partial charge in [0.15, 0.2) is 0 Å². The van der Waals surface area contributed by atoms with Gasteiger partial charge in [0.2, 0.25) is 0 Å². The molecular formula is C12H15ClO. The third-order valence-electron chi connectivity index (χ3n) is 3.10. The third kappa shape index (κ3) is 1.79. The van der Waals surface area contributed by atoms with Crippen LogP contribution in [0.2, 0.25) is 5.02 Å². The van der Waals surface area contributed by atoms with Gasteiger partial charge in [-0.1, -0.05) is 30.2 Å². The quantitative estimate of drug-likeness (QED) is 0.755. The first kappa shape index (κ1) is 10.0. The summed E-state index contributed by atoms with van der Waals surface area (Å²) in [5, 5.41) is 10.6. The summed E-state index contributed by atoms with van der Waals surface area (Å²) in [5.74, 6) is 0.299.